The molecule has 1 atom stereocenters. The van der Waals surface area contributed by atoms with Crippen LogP contribution in [0.15, 0.2) is 54.6 Å². The van der Waals surface area contributed by atoms with Gasteiger partial charge in [-0.15, -0.1) is 0 Å². The van der Waals surface area contributed by atoms with Crippen molar-refractivity contribution in [2.45, 2.75) is 33.4 Å². The molecule has 0 saturated carbocycles. The molecule has 1 amide bonds. The maximum absolute atomic E-state index is 12.2. The predicted octanol–water partition coefficient (Wildman–Crippen LogP) is 3.58. The van der Waals surface area contributed by atoms with E-state index in [1.54, 1.807) is 31.2 Å². The predicted molar refractivity (Wildman–Crippen MR) is 99.9 cm³/mol. The highest BCUT2D eigenvalue weighted by Gasteiger charge is 2.18. The smallest absolute Gasteiger partial charge is 0.338 e. The second kappa shape index (κ2) is 9.61. The van der Waals surface area contributed by atoms with Crippen LogP contribution in [-0.4, -0.2) is 24.6 Å². The Bertz CT molecular complexity index is 711. The molecule has 0 heterocycles. The number of ether oxygens (including phenoxy) is 2. The number of carbonyl (C=O) groups is 2. The van der Waals surface area contributed by atoms with E-state index in [1.807, 2.05) is 30.3 Å². The Kier molecular flexibility index (Phi) is 7.21. The summed E-state index contributed by atoms with van der Waals surface area (Å²) >= 11 is 0. The Morgan fingerprint density at radius 2 is 1.62 bits per heavy atom. The molecule has 0 spiro atoms. The molecule has 0 fully saturated rings. The molecule has 5 nitrogen and oxygen atoms in total. The average Bonchev–Trinajstić information content (AvgIpc) is 2.65. The van der Waals surface area contributed by atoms with Gasteiger partial charge in [0.15, 0.2) is 6.10 Å². The van der Waals surface area contributed by atoms with E-state index in [9.17, 15) is 9.59 Å². The molecule has 138 valence electrons. The van der Waals surface area contributed by atoms with E-state index in [0.717, 1.165) is 5.56 Å². The highest BCUT2D eigenvalue weighted by molar-refractivity contribution is 5.92. The molecular formula is C21H25NO4. The van der Waals surface area contributed by atoms with Crippen molar-refractivity contribution in [3.05, 3.63) is 65.7 Å². The Balaban J connectivity index is 1.82. The fourth-order valence-corrected chi connectivity index (χ4v) is 2.16. The molecule has 1 N–H and O–H groups in total. The van der Waals surface area contributed by atoms with Crippen LogP contribution in [0.3, 0.4) is 0 Å². The van der Waals surface area contributed by atoms with Crippen molar-refractivity contribution >= 4 is 11.9 Å². The third-order valence-corrected chi connectivity index (χ3v) is 3.64. The van der Waals surface area contributed by atoms with E-state index < -0.39 is 12.1 Å². The lowest BCUT2D eigenvalue weighted by Gasteiger charge is -2.14. The van der Waals surface area contributed by atoms with Gasteiger partial charge >= 0.3 is 5.97 Å². The van der Waals surface area contributed by atoms with Crippen molar-refractivity contribution in [1.29, 1.82) is 0 Å². The molecule has 0 aliphatic rings. The topological polar surface area (TPSA) is 64.6 Å². The molecule has 2 rings (SSSR count). The number of rotatable bonds is 8. The largest absolute Gasteiger partial charge is 0.493 e. The lowest BCUT2D eigenvalue weighted by Crippen LogP contribution is -2.35. The van der Waals surface area contributed by atoms with Crippen molar-refractivity contribution in [3.8, 4) is 5.75 Å². The van der Waals surface area contributed by atoms with Crippen LogP contribution >= 0.6 is 0 Å². The lowest BCUT2D eigenvalue weighted by molar-refractivity contribution is -0.129. The molecule has 5 heteroatoms. The third kappa shape index (κ3) is 6.24. The molecule has 1 unspecified atom stereocenters. The Morgan fingerprint density at radius 1 is 0.962 bits per heavy atom. The van der Waals surface area contributed by atoms with Gasteiger partial charge in [-0.1, -0.05) is 44.2 Å². The van der Waals surface area contributed by atoms with Gasteiger partial charge < -0.3 is 14.8 Å². The SMILES string of the molecule is CC(C)COc1ccc(C(=O)OC(C)C(=O)NCc2ccccc2)cc1. The van der Waals surface area contributed by atoms with E-state index in [4.69, 9.17) is 9.47 Å². The summed E-state index contributed by atoms with van der Waals surface area (Å²) < 4.78 is 10.8. The minimum absolute atomic E-state index is 0.334. The van der Waals surface area contributed by atoms with Gasteiger partial charge in [-0.25, -0.2) is 4.79 Å². The Morgan fingerprint density at radius 3 is 2.23 bits per heavy atom. The van der Waals surface area contributed by atoms with Gasteiger partial charge in [0.2, 0.25) is 0 Å². The molecular weight excluding hydrogens is 330 g/mol. The molecule has 2 aromatic carbocycles. The van der Waals surface area contributed by atoms with Gasteiger partial charge in [-0.05, 0) is 42.7 Å². The Labute approximate surface area is 154 Å². The first-order valence-corrected chi connectivity index (χ1v) is 8.71. The van der Waals surface area contributed by atoms with Crippen LogP contribution < -0.4 is 10.1 Å². The molecule has 0 saturated heterocycles. The summed E-state index contributed by atoms with van der Waals surface area (Å²) in [6.07, 6.45) is -0.872. The molecule has 0 bridgehead atoms. The molecule has 0 aliphatic carbocycles. The van der Waals surface area contributed by atoms with Crippen LogP contribution in [0.25, 0.3) is 0 Å². The zero-order valence-electron chi connectivity index (χ0n) is 15.4. The van der Waals surface area contributed by atoms with Crippen LogP contribution in [0.4, 0.5) is 0 Å². The number of esters is 1. The summed E-state index contributed by atoms with van der Waals surface area (Å²) in [6, 6.07) is 16.3. The second-order valence-electron chi connectivity index (χ2n) is 6.48. The van der Waals surface area contributed by atoms with Gasteiger partial charge in [-0.2, -0.15) is 0 Å². The van der Waals surface area contributed by atoms with E-state index in [2.05, 4.69) is 19.2 Å². The minimum Gasteiger partial charge on any atom is -0.493 e. The second-order valence-corrected chi connectivity index (χ2v) is 6.48. The van der Waals surface area contributed by atoms with Gasteiger partial charge in [0.05, 0.1) is 12.2 Å². The summed E-state index contributed by atoms with van der Waals surface area (Å²) in [5.41, 5.74) is 1.36. The van der Waals surface area contributed by atoms with Crippen LogP contribution in [0.2, 0.25) is 0 Å². The van der Waals surface area contributed by atoms with Gasteiger partial charge in [-0.3, -0.25) is 4.79 Å². The number of hydrogen-bond acceptors (Lipinski definition) is 4. The molecule has 0 aromatic heterocycles. The van der Waals surface area contributed by atoms with E-state index in [1.165, 1.54) is 0 Å². The molecule has 0 aliphatic heterocycles. The molecule has 2 aromatic rings. The number of carbonyl (C=O) groups excluding carboxylic acids is 2. The van der Waals surface area contributed by atoms with Crippen molar-refractivity contribution in [3.63, 3.8) is 0 Å². The highest BCUT2D eigenvalue weighted by atomic mass is 16.5. The maximum Gasteiger partial charge on any atom is 0.338 e. The quantitative estimate of drug-likeness (QED) is 0.735. The zero-order chi connectivity index (χ0) is 18.9. The fourth-order valence-electron chi connectivity index (χ4n) is 2.16. The van der Waals surface area contributed by atoms with Gasteiger partial charge in [0.25, 0.3) is 5.91 Å². The van der Waals surface area contributed by atoms with E-state index in [-0.39, 0.29) is 5.91 Å². The minimum atomic E-state index is -0.872. The normalized spacial score (nSPS) is 11.7. The number of nitrogens with one attached hydrogen (secondary N) is 1. The van der Waals surface area contributed by atoms with Gasteiger partial charge in [0.1, 0.15) is 5.75 Å². The van der Waals surface area contributed by atoms with Crippen LogP contribution in [-0.2, 0) is 16.1 Å². The van der Waals surface area contributed by atoms with Crippen molar-refractivity contribution in [2.24, 2.45) is 5.92 Å². The number of benzene rings is 2. The zero-order valence-corrected chi connectivity index (χ0v) is 15.4. The van der Waals surface area contributed by atoms with Crippen molar-refractivity contribution < 1.29 is 19.1 Å². The summed E-state index contributed by atoms with van der Waals surface area (Å²) in [4.78, 5) is 24.2. The molecule has 0 radical (unpaired) electrons. The first-order valence-electron chi connectivity index (χ1n) is 8.71. The van der Waals surface area contributed by atoms with E-state index in [0.29, 0.717) is 30.4 Å². The molecule has 26 heavy (non-hydrogen) atoms. The van der Waals surface area contributed by atoms with Crippen LogP contribution in [0.5, 0.6) is 5.75 Å². The van der Waals surface area contributed by atoms with Crippen LogP contribution in [0.1, 0.15) is 36.7 Å². The average molecular weight is 355 g/mol. The first-order chi connectivity index (χ1) is 12.5. The standard InChI is InChI=1S/C21H25NO4/c1-15(2)14-25-19-11-9-18(10-12-19)21(24)26-16(3)20(23)22-13-17-7-5-4-6-8-17/h4-12,15-16H,13-14H2,1-3H3,(H,22,23). The summed E-state index contributed by atoms with van der Waals surface area (Å²) in [7, 11) is 0. The number of hydrogen-bond donors (Lipinski definition) is 1. The third-order valence-electron chi connectivity index (χ3n) is 3.64. The first kappa shape index (κ1) is 19.5. The Hall–Kier alpha value is -2.82. The summed E-state index contributed by atoms with van der Waals surface area (Å²) in [6.45, 7) is 6.69. The fraction of sp³-hybridized carbons (Fsp3) is 0.333. The highest BCUT2D eigenvalue weighted by Crippen LogP contribution is 2.14. The maximum atomic E-state index is 12.2. The van der Waals surface area contributed by atoms with Crippen molar-refractivity contribution in [1.82, 2.24) is 5.32 Å². The van der Waals surface area contributed by atoms with Gasteiger partial charge in [0, 0.05) is 6.54 Å². The van der Waals surface area contributed by atoms with E-state index >= 15 is 0 Å². The lowest BCUT2D eigenvalue weighted by atomic mass is 10.2. The van der Waals surface area contributed by atoms with Crippen LogP contribution in [0, 0.1) is 5.92 Å². The summed E-state index contributed by atoms with van der Waals surface area (Å²) in [5, 5.41) is 2.76. The summed E-state index contributed by atoms with van der Waals surface area (Å²) in [5.74, 6) is 0.251. The monoisotopic (exact) mass is 355 g/mol. The van der Waals surface area contributed by atoms with Crippen molar-refractivity contribution in [2.75, 3.05) is 6.61 Å². The number of amides is 1.